The Kier molecular flexibility index (Phi) is 3.74. The molecule has 3 rings (SSSR count). The predicted molar refractivity (Wildman–Crippen MR) is 76.6 cm³/mol. The monoisotopic (exact) mass is 273 g/mol. The van der Waals surface area contributed by atoms with Gasteiger partial charge in [0.25, 0.3) is 5.91 Å². The highest BCUT2D eigenvalue weighted by molar-refractivity contribution is 5.96. The minimum absolute atomic E-state index is 0.0562. The molecule has 20 heavy (non-hydrogen) atoms. The molecule has 1 aromatic heterocycles. The second-order valence-electron chi connectivity index (χ2n) is 5.31. The molecule has 0 saturated carbocycles. The van der Waals surface area contributed by atoms with Crippen LogP contribution in [0.15, 0.2) is 34.7 Å². The van der Waals surface area contributed by atoms with Gasteiger partial charge in [0.2, 0.25) is 0 Å². The maximum absolute atomic E-state index is 12.6. The number of benzene rings is 1. The lowest BCUT2D eigenvalue weighted by atomic mass is 9.99. The summed E-state index contributed by atoms with van der Waals surface area (Å²) in [5.41, 5.74) is 0.742. The number of furan rings is 1. The molecule has 0 spiro atoms. The Labute approximate surface area is 118 Å². The van der Waals surface area contributed by atoms with E-state index in [0.29, 0.717) is 12.2 Å². The Bertz CT molecular complexity index is 570. The van der Waals surface area contributed by atoms with Crippen LogP contribution < -0.4 is 0 Å². The summed E-state index contributed by atoms with van der Waals surface area (Å²) in [4.78, 5) is 14.5. The summed E-state index contributed by atoms with van der Waals surface area (Å²) < 4.78 is 5.66. The van der Waals surface area contributed by atoms with Crippen molar-refractivity contribution < 1.29 is 14.3 Å². The average molecular weight is 273 g/mol. The second kappa shape index (κ2) is 5.67. The molecule has 1 atom stereocenters. The van der Waals surface area contributed by atoms with E-state index in [1.165, 1.54) is 0 Å². The molecule has 1 amide bonds. The molecule has 0 radical (unpaired) electrons. The highest BCUT2D eigenvalue weighted by Gasteiger charge is 2.28. The molecule has 1 N–H and O–H groups in total. The number of amides is 1. The molecule has 4 nitrogen and oxygen atoms in total. The molecule has 1 aliphatic heterocycles. The van der Waals surface area contributed by atoms with Gasteiger partial charge in [-0.1, -0.05) is 18.2 Å². The number of likely N-dealkylation sites (tertiary alicyclic amines) is 1. The van der Waals surface area contributed by atoms with Crippen molar-refractivity contribution in [1.29, 1.82) is 0 Å². The number of aliphatic hydroxyl groups is 1. The number of hydrogen-bond acceptors (Lipinski definition) is 3. The number of rotatable bonds is 3. The van der Waals surface area contributed by atoms with E-state index in [9.17, 15) is 4.79 Å². The second-order valence-corrected chi connectivity index (χ2v) is 5.31. The molecule has 1 fully saturated rings. The average Bonchev–Trinajstić information content (AvgIpc) is 2.91. The molecule has 2 heterocycles. The fourth-order valence-electron chi connectivity index (χ4n) is 2.95. The number of hydrogen-bond donors (Lipinski definition) is 1. The van der Waals surface area contributed by atoms with Gasteiger partial charge in [-0.2, -0.15) is 0 Å². The van der Waals surface area contributed by atoms with Crippen LogP contribution in [0.2, 0.25) is 0 Å². The van der Waals surface area contributed by atoms with Gasteiger partial charge in [-0.05, 0) is 37.8 Å². The molecular weight excluding hydrogens is 254 g/mol. The third kappa shape index (κ3) is 2.43. The zero-order valence-corrected chi connectivity index (χ0v) is 11.4. The van der Waals surface area contributed by atoms with Crippen LogP contribution in [0, 0.1) is 0 Å². The van der Waals surface area contributed by atoms with E-state index in [2.05, 4.69) is 0 Å². The lowest BCUT2D eigenvalue weighted by Crippen LogP contribution is -2.44. The van der Waals surface area contributed by atoms with Crippen molar-refractivity contribution in [2.24, 2.45) is 0 Å². The zero-order chi connectivity index (χ0) is 13.9. The molecule has 1 unspecified atom stereocenters. The van der Waals surface area contributed by atoms with Crippen LogP contribution in [0.4, 0.5) is 0 Å². The van der Waals surface area contributed by atoms with Gasteiger partial charge in [-0.25, -0.2) is 0 Å². The summed E-state index contributed by atoms with van der Waals surface area (Å²) in [5.74, 6) is 0.343. The third-order valence-electron chi connectivity index (χ3n) is 3.99. The minimum Gasteiger partial charge on any atom is -0.451 e. The molecule has 0 aliphatic carbocycles. The zero-order valence-electron chi connectivity index (χ0n) is 11.4. The quantitative estimate of drug-likeness (QED) is 0.935. The van der Waals surface area contributed by atoms with Gasteiger partial charge in [-0.3, -0.25) is 4.79 Å². The summed E-state index contributed by atoms with van der Waals surface area (Å²) in [6.07, 6.45) is 3.75. The fraction of sp³-hybridized carbons (Fsp3) is 0.438. The highest BCUT2D eigenvalue weighted by Crippen LogP contribution is 2.25. The smallest absolute Gasteiger partial charge is 0.289 e. The first-order valence-electron chi connectivity index (χ1n) is 7.20. The Morgan fingerprint density at radius 1 is 1.35 bits per heavy atom. The van der Waals surface area contributed by atoms with Gasteiger partial charge < -0.3 is 14.4 Å². The van der Waals surface area contributed by atoms with E-state index in [4.69, 9.17) is 9.52 Å². The summed E-state index contributed by atoms with van der Waals surface area (Å²) in [7, 11) is 0. The number of carbonyl (C=O) groups excluding carboxylic acids is 1. The summed E-state index contributed by atoms with van der Waals surface area (Å²) >= 11 is 0. The van der Waals surface area contributed by atoms with Crippen LogP contribution in [-0.4, -0.2) is 35.1 Å². The van der Waals surface area contributed by atoms with Gasteiger partial charge in [-0.15, -0.1) is 0 Å². The van der Waals surface area contributed by atoms with Crippen LogP contribution in [0.5, 0.6) is 0 Å². The first-order chi connectivity index (χ1) is 9.79. The summed E-state index contributed by atoms with van der Waals surface area (Å²) in [6.45, 7) is 0.870. The first kappa shape index (κ1) is 13.2. The van der Waals surface area contributed by atoms with Crippen molar-refractivity contribution in [3.8, 4) is 0 Å². The lowest BCUT2D eigenvalue weighted by molar-refractivity contribution is 0.0545. The van der Waals surface area contributed by atoms with Gasteiger partial charge in [0.05, 0.1) is 0 Å². The minimum atomic E-state index is -0.0562. The number of aliphatic hydroxyl groups excluding tert-OH is 1. The topological polar surface area (TPSA) is 53.7 Å². The maximum atomic E-state index is 12.6. The van der Waals surface area contributed by atoms with E-state index in [0.717, 1.165) is 36.8 Å². The van der Waals surface area contributed by atoms with Crippen molar-refractivity contribution in [3.63, 3.8) is 0 Å². The van der Waals surface area contributed by atoms with Crippen molar-refractivity contribution in [2.45, 2.75) is 31.7 Å². The Morgan fingerprint density at radius 3 is 3.00 bits per heavy atom. The standard InChI is InChI=1S/C16H19NO3/c18-10-8-13-6-3-4-9-17(13)16(19)15-11-12-5-1-2-7-14(12)20-15/h1-2,5,7,11,13,18H,3-4,6,8-10H2. The number of fused-ring (bicyclic) bond motifs is 1. The van der Waals surface area contributed by atoms with Crippen molar-refractivity contribution in [1.82, 2.24) is 4.90 Å². The van der Waals surface area contributed by atoms with Crippen LogP contribution in [-0.2, 0) is 0 Å². The van der Waals surface area contributed by atoms with E-state index in [-0.39, 0.29) is 18.6 Å². The number of para-hydroxylation sites is 1. The van der Waals surface area contributed by atoms with Gasteiger partial charge in [0.15, 0.2) is 5.76 Å². The normalized spacial score (nSPS) is 19.4. The molecule has 4 heteroatoms. The molecule has 0 bridgehead atoms. The largest absolute Gasteiger partial charge is 0.451 e. The Morgan fingerprint density at radius 2 is 2.20 bits per heavy atom. The van der Waals surface area contributed by atoms with Crippen LogP contribution in [0.1, 0.15) is 36.2 Å². The van der Waals surface area contributed by atoms with E-state index in [1.54, 1.807) is 0 Å². The predicted octanol–water partition coefficient (Wildman–Crippen LogP) is 2.81. The van der Waals surface area contributed by atoms with Gasteiger partial charge >= 0.3 is 0 Å². The Balaban J connectivity index is 1.86. The van der Waals surface area contributed by atoms with Crippen molar-refractivity contribution in [3.05, 3.63) is 36.1 Å². The Hall–Kier alpha value is -1.81. The van der Waals surface area contributed by atoms with Crippen LogP contribution in [0.3, 0.4) is 0 Å². The van der Waals surface area contributed by atoms with Gasteiger partial charge in [0.1, 0.15) is 5.58 Å². The van der Waals surface area contributed by atoms with E-state index < -0.39 is 0 Å². The highest BCUT2D eigenvalue weighted by atomic mass is 16.3. The van der Waals surface area contributed by atoms with E-state index >= 15 is 0 Å². The first-order valence-corrected chi connectivity index (χ1v) is 7.20. The summed E-state index contributed by atoms with van der Waals surface area (Å²) in [5, 5.41) is 10.1. The maximum Gasteiger partial charge on any atom is 0.289 e. The summed E-state index contributed by atoms with van der Waals surface area (Å²) in [6, 6.07) is 9.58. The number of carbonyl (C=O) groups is 1. The fourth-order valence-corrected chi connectivity index (χ4v) is 2.95. The SMILES string of the molecule is O=C(c1cc2ccccc2o1)N1CCCCC1CCO. The van der Waals surface area contributed by atoms with Crippen LogP contribution >= 0.6 is 0 Å². The van der Waals surface area contributed by atoms with Crippen molar-refractivity contribution in [2.75, 3.05) is 13.2 Å². The van der Waals surface area contributed by atoms with Gasteiger partial charge in [0, 0.05) is 24.6 Å². The lowest BCUT2D eigenvalue weighted by Gasteiger charge is -2.34. The van der Waals surface area contributed by atoms with Crippen molar-refractivity contribution >= 4 is 16.9 Å². The third-order valence-corrected chi connectivity index (χ3v) is 3.99. The number of piperidine rings is 1. The molecule has 1 aliphatic rings. The molecule has 1 aromatic carbocycles. The van der Waals surface area contributed by atoms with Crippen LogP contribution in [0.25, 0.3) is 11.0 Å². The number of nitrogens with zero attached hydrogens (tertiary/aromatic N) is 1. The molecular formula is C16H19NO3. The molecule has 1 saturated heterocycles. The van der Waals surface area contributed by atoms with E-state index in [1.807, 2.05) is 35.2 Å². The molecule has 106 valence electrons. The molecule has 2 aromatic rings.